The molecule has 1 amide bonds. The summed E-state index contributed by atoms with van der Waals surface area (Å²) in [6.07, 6.45) is 5.05. The molecule has 0 saturated heterocycles. The Hall–Kier alpha value is -1.57. The van der Waals surface area contributed by atoms with Crippen molar-refractivity contribution in [3.8, 4) is 0 Å². The first-order valence-corrected chi connectivity index (χ1v) is 5.80. The van der Waals surface area contributed by atoms with E-state index in [2.05, 4.69) is 6.58 Å². The Bertz CT molecular complexity index is 368. The van der Waals surface area contributed by atoms with Crippen molar-refractivity contribution in [2.75, 3.05) is 11.4 Å². The quantitative estimate of drug-likeness (QED) is 0.707. The third kappa shape index (κ3) is 2.16. The number of amides is 1. The second kappa shape index (κ2) is 4.97. The van der Waals surface area contributed by atoms with Gasteiger partial charge >= 0.3 is 0 Å². The summed E-state index contributed by atoms with van der Waals surface area (Å²) >= 11 is 0. The van der Waals surface area contributed by atoms with E-state index < -0.39 is 0 Å². The third-order valence-corrected chi connectivity index (χ3v) is 3.10. The van der Waals surface area contributed by atoms with Gasteiger partial charge in [0.25, 0.3) is 0 Å². The number of hydrogen-bond donors (Lipinski definition) is 0. The summed E-state index contributed by atoms with van der Waals surface area (Å²) < 4.78 is 0. The van der Waals surface area contributed by atoms with Crippen molar-refractivity contribution in [1.29, 1.82) is 0 Å². The van der Waals surface area contributed by atoms with Crippen LogP contribution in [0.15, 0.2) is 43.0 Å². The first-order chi connectivity index (χ1) is 7.83. The van der Waals surface area contributed by atoms with Crippen LogP contribution in [0, 0.1) is 5.92 Å². The molecule has 0 radical (unpaired) electrons. The van der Waals surface area contributed by atoms with Crippen LogP contribution in [0.1, 0.15) is 19.3 Å². The number of carbonyl (C=O) groups excluding carboxylic acids is 1. The van der Waals surface area contributed by atoms with Gasteiger partial charge in [0.2, 0.25) is 5.91 Å². The van der Waals surface area contributed by atoms with Crippen LogP contribution < -0.4 is 4.90 Å². The molecule has 0 atom stereocenters. The van der Waals surface area contributed by atoms with Gasteiger partial charge in [-0.15, -0.1) is 6.58 Å². The molecule has 1 aromatic rings. The Morgan fingerprint density at radius 3 is 2.56 bits per heavy atom. The molecule has 16 heavy (non-hydrogen) atoms. The number of para-hydroxylation sites is 1. The number of hydrogen-bond acceptors (Lipinski definition) is 1. The molecular weight excluding hydrogens is 198 g/mol. The number of benzene rings is 1. The van der Waals surface area contributed by atoms with Crippen molar-refractivity contribution >= 4 is 11.6 Å². The van der Waals surface area contributed by atoms with E-state index in [-0.39, 0.29) is 11.8 Å². The maximum atomic E-state index is 12.2. The molecule has 0 aromatic heterocycles. The normalized spacial score (nSPS) is 15.2. The van der Waals surface area contributed by atoms with Gasteiger partial charge in [-0.05, 0) is 25.0 Å². The highest BCUT2D eigenvalue weighted by atomic mass is 16.2. The fourth-order valence-electron chi connectivity index (χ4n) is 1.94. The van der Waals surface area contributed by atoms with E-state index >= 15 is 0 Å². The minimum atomic E-state index is 0.236. The Morgan fingerprint density at radius 1 is 1.38 bits per heavy atom. The fourth-order valence-corrected chi connectivity index (χ4v) is 1.94. The largest absolute Gasteiger partial charge is 0.308 e. The van der Waals surface area contributed by atoms with E-state index in [1.54, 1.807) is 6.08 Å². The van der Waals surface area contributed by atoms with Crippen LogP contribution >= 0.6 is 0 Å². The molecule has 0 heterocycles. The van der Waals surface area contributed by atoms with E-state index in [0.29, 0.717) is 6.54 Å². The van der Waals surface area contributed by atoms with Crippen molar-refractivity contribution in [2.45, 2.75) is 19.3 Å². The zero-order valence-corrected chi connectivity index (χ0v) is 9.43. The molecule has 0 unspecified atom stereocenters. The van der Waals surface area contributed by atoms with Gasteiger partial charge in [-0.25, -0.2) is 0 Å². The van der Waals surface area contributed by atoms with Gasteiger partial charge in [0.15, 0.2) is 0 Å². The topological polar surface area (TPSA) is 20.3 Å². The predicted molar refractivity (Wildman–Crippen MR) is 66.3 cm³/mol. The lowest BCUT2D eigenvalue weighted by Crippen LogP contribution is -2.39. The van der Waals surface area contributed by atoms with Crippen LogP contribution in [0.5, 0.6) is 0 Å². The minimum absolute atomic E-state index is 0.236. The summed E-state index contributed by atoms with van der Waals surface area (Å²) in [6.45, 7) is 4.31. The molecular formula is C14H17NO. The van der Waals surface area contributed by atoms with Crippen molar-refractivity contribution in [1.82, 2.24) is 0 Å². The summed E-state index contributed by atoms with van der Waals surface area (Å²) in [4.78, 5) is 14.0. The highest BCUT2D eigenvalue weighted by Gasteiger charge is 2.29. The number of nitrogens with zero attached hydrogens (tertiary/aromatic N) is 1. The summed E-state index contributed by atoms with van der Waals surface area (Å²) in [7, 11) is 0. The zero-order chi connectivity index (χ0) is 11.4. The zero-order valence-electron chi connectivity index (χ0n) is 9.43. The van der Waals surface area contributed by atoms with Crippen molar-refractivity contribution in [3.05, 3.63) is 43.0 Å². The fraction of sp³-hybridized carbons (Fsp3) is 0.357. The van der Waals surface area contributed by atoms with E-state index in [4.69, 9.17) is 0 Å². The van der Waals surface area contributed by atoms with Gasteiger partial charge in [-0.3, -0.25) is 4.79 Å². The summed E-state index contributed by atoms with van der Waals surface area (Å²) in [5.41, 5.74) is 0.972. The molecule has 1 aliphatic rings. The second-order valence-electron chi connectivity index (χ2n) is 4.20. The summed E-state index contributed by atoms with van der Waals surface area (Å²) in [5.74, 6) is 0.484. The lowest BCUT2D eigenvalue weighted by molar-refractivity contribution is -0.124. The molecule has 0 N–H and O–H groups in total. The molecule has 1 saturated carbocycles. The van der Waals surface area contributed by atoms with Gasteiger partial charge in [0.1, 0.15) is 0 Å². The maximum absolute atomic E-state index is 12.2. The first kappa shape index (κ1) is 10.9. The third-order valence-electron chi connectivity index (χ3n) is 3.10. The van der Waals surface area contributed by atoms with Gasteiger partial charge < -0.3 is 4.90 Å². The molecule has 0 spiro atoms. The van der Waals surface area contributed by atoms with Crippen LogP contribution in [0.3, 0.4) is 0 Å². The summed E-state index contributed by atoms with van der Waals surface area (Å²) in [6, 6.07) is 9.82. The highest BCUT2D eigenvalue weighted by molar-refractivity contribution is 5.95. The molecule has 1 fully saturated rings. The van der Waals surface area contributed by atoms with Crippen LogP contribution in [0.2, 0.25) is 0 Å². The molecule has 2 nitrogen and oxygen atoms in total. The Balaban J connectivity index is 2.16. The highest BCUT2D eigenvalue weighted by Crippen LogP contribution is 2.30. The molecule has 1 aromatic carbocycles. The Morgan fingerprint density at radius 2 is 2.06 bits per heavy atom. The lowest BCUT2D eigenvalue weighted by atomic mass is 9.84. The van der Waals surface area contributed by atoms with Gasteiger partial charge in [-0.1, -0.05) is 30.7 Å². The molecule has 1 aliphatic carbocycles. The monoisotopic (exact) mass is 215 g/mol. The van der Waals surface area contributed by atoms with E-state index in [1.165, 1.54) is 6.42 Å². The predicted octanol–water partition coefficient (Wildman–Crippen LogP) is 3.01. The van der Waals surface area contributed by atoms with Gasteiger partial charge in [0.05, 0.1) is 0 Å². The van der Waals surface area contributed by atoms with E-state index in [1.807, 2.05) is 35.2 Å². The molecule has 2 rings (SSSR count). The lowest BCUT2D eigenvalue weighted by Gasteiger charge is -2.31. The SMILES string of the molecule is C=CCN(C(=O)C1CCC1)c1ccccc1. The van der Waals surface area contributed by atoms with Crippen LogP contribution in [0.4, 0.5) is 5.69 Å². The maximum Gasteiger partial charge on any atom is 0.230 e. The van der Waals surface area contributed by atoms with Crippen LogP contribution in [-0.2, 0) is 4.79 Å². The van der Waals surface area contributed by atoms with Crippen molar-refractivity contribution < 1.29 is 4.79 Å². The number of rotatable bonds is 4. The van der Waals surface area contributed by atoms with Crippen LogP contribution in [-0.4, -0.2) is 12.5 Å². The Labute approximate surface area is 96.6 Å². The van der Waals surface area contributed by atoms with E-state index in [9.17, 15) is 4.79 Å². The van der Waals surface area contributed by atoms with E-state index in [0.717, 1.165) is 18.5 Å². The average molecular weight is 215 g/mol. The van der Waals surface area contributed by atoms with Crippen molar-refractivity contribution in [3.63, 3.8) is 0 Å². The minimum Gasteiger partial charge on any atom is -0.308 e. The summed E-state index contributed by atoms with van der Waals surface area (Å²) in [5, 5.41) is 0. The smallest absolute Gasteiger partial charge is 0.230 e. The first-order valence-electron chi connectivity index (χ1n) is 5.80. The number of carbonyl (C=O) groups is 1. The molecule has 0 aliphatic heterocycles. The molecule has 2 heteroatoms. The molecule has 84 valence electrons. The molecule has 0 bridgehead atoms. The van der Waals surface area contributed by atoms with Crippen LogP contribution in [0.25, 0.3) is 0 Å². The Kier molecular flexibility index (Phi) is 3.40. The van der Waals surface area contributed by atoms with Gasteiger partial charge in [0, 0.05) is 18.2 Å². The number of anilines is 1. The van der Waals surface area contributed by atoms with Crippen molar-refractivity contribution in [2.24, 2.45) is 5.92 Å². The standard InChI is InChI=1S/C14H17NO/c1-2-11-15(13-9-4-3-5-10-13)14(16)12-7-6-8-12/h2-5,9-10,12H,1,6-8,11H2. The second-order valence-corrected chi connectivity index (χ2v) is 4.20. The average Bonchev–Trinajstić information content (AvgIpc) is 2.24. The van der Waals surface area contributed by atoms with Gasteiger partial charge in [-0.2, -0.15) is 0 Å².